The van der Waals surface area contributed by atoms with Crippen molar-refractivity contribution < 1.29 is 18.0 Å². The summed E-state index contributed by atoms with van der Waals surface area (Å²) in [5.41, 5.74) is 2.55. The van der Waals surface area contributed by atoms with Gasteiger partial charge in [-0.25, -0.2) is 9.97 Å². The van der Waals surface area contributed by atoms with Crippen LogP contribution in [0.2, 0.25) is 0 Å². The molecule has 1 amide bonds. The Bertz CT molecular complexity index is 1540. The Balaban J connectivity index is 1.20. The Morgan fingerprint density at radius 2 is 1.73 bits per heavy atom. The van der Waals surface area contributed by atoms with Crippen LogP contribution in [0.1, 0.15) is 21.5 Å². The molecule has 5 rings (SSSR count). The van der Waals surface area contributed by atoms with Crippen molar-refractivity contribution in [1.29, 1.82) is 0 Å². The van der Waals surface area contributed by atoms with Gasteiger partial charge in [0, 0.05) is 35.1 Å². The zero-order valence-corrected chi connectivity index (χ0v) is 20.1. The molecule has 0 spiro atoms. The first kappa shape index (κ1) is 24.4. The summed E-state index contributed by atoms with van der Waals surface area (Å²) in [4.78, 5) is 26.3. The number of hydrogen-bond donors (Lipinski definition) is 2. The van der Waals surface area contributed by atoms with E-state index in [0.717, 1.165) is 44.2 Å². The lowest BCUT2D eigenvalue weighted by Crippen LogP contribution is -2.14. The van der Waals surface area contributed by atoms with Crippen molar-refractivity contribution in [3.63, 3.8) is 0 Å². The van der Waals surface area contributed by atoms with E-state index in [0.29, 0.717) is 18.7 Å². The van der Waals surface area contributed by atoms with Gasteiger partial charge in [0.15, 0.2) is 0 Å². The zero-order chi connectivity index (χ0) is 25.8. The minimum atomic E-state index is -4.51. The highest BCUT2D eigenvalue weighted by molar-refractivity contribution is 7.22. The van der Waals surface area contributed by atoms with Gasteiger partial charge in [-0.15, -0.1) is 11.3 Å². The number of fused-ring (bicyclic) bond motifs is 1. The molecule has 0 saturated heterocycles. The summed E-state index contributed by atoms with van der Waals surface area (Å²) in [6, 6.07) is 17.5. The number of carbonyl (C=O) groups is 1. The first-order chi connectivity index (χ1) is 17.9. The Morgan fingerprint density at radius 3 is 2.49 bits per heavy atom. The van der Waals surface area contributed by atoms with Crippen LogP contribution in [-0.4, -0.2) is 27.4 Å². The first-order valence-electron chi connectivity index (χ1n) is 11.3. The number of nitrogens with zero attached hydrogens (tertiary/aromatic N) is 3. The van der Waals surface area contributed by atoms with Crippen LogP contribution in [0.5, 0.6) is 0 Å². The molecule has 0 aliphatic carbocycles. The third kappa shape index (κ3) is 5.75. The summed E-state index contributed by atoms with van der Waals surface area (Å²) in [5, 5.41) is 6.01. The maximum atomic E-state index is 12.9. The Kier molecular flexibility index (Phi) is 6.82. The molecule has 2 aromatic carbocycles. The SMILES string of the molecule is O=C(Nc1ccc(CCNc2ncnc3cc(-c4ccncc4)sc23)cc1)c1cccc(C(F)(F)F)c1. The summed E-state index contributed by atoms with van der Waals surface area (Å²) in [7, 11) is 0. The van der Waals surface area contributed by atoms with Gasteiger partial charge in [0.2, 0.25) is 0 Å². The number of thiophene rings is 1. The van der Waals surface area contributed by atoms with E-state index < -0.39 is 17.6 Å². The molecule has 0 atom stereocenters. The minimum Gasteiger partial charge on any atom is -0.368 e. The van der Waals surface area contributed by atoms with Gasteiger partial charge in [0.05, 0.1) is 15.8 Å². The molecule has 5 aromatic rings. The van der Waals surface area contributed by atoms with E-state index in [4.69, 9.17) is 0 Å². The van der Waals surface area contributed by atoms with Crippen LogP contribution < -0.4 is 10.6 Å². The second-order valence-corrected chi connectivity index (χ2v) is 9.24. The third-order valence-corrected chi connectivity index (χ3v) is 6.83. The number of alkyl halides is 3. The van der Waals surface area contributed by atoms with Gasteiger partial charge in [0.1, 0.15) is 12.1 Å². The minimum absolute atomic E-state index is 0.0556. The van der Waals surface area contributed by atoms with E-state index in [-0.39, 0.29) is 5.56 Å². The fraction of sp³-hybridized carbons (Fsp3) is 0.111. The number of pyridine rings is 1. The fourth-order valence-corrected chi connectivity index (χ4v) is 4.84. The van der Waals surface area contributed by atoms with Crippen molar-refractivity contribution in [3.05, 3.63) is 102 Å². The van der Waals surface area contributed by atoms with E-state index in [1.54, 1.807) is 35.9 Å². The molecule has 0 fully saturated rings. The molecule has 10 heteroatoms. The Hall–Kier alpha value is -4.31. The van der Waals surface area contributed by atoms with Gasteiger partial charge in [-0.3, -0.25) is 9.78 Å². The molecule has 186 valence electrons. The fourth-order valence-electron chi connectivity index (χ4n) is 3.76. The molecule has 0 radical (unpaired) electrons. The van der Waals surface area contributed by atoms with Crippen LogP contribution in [0.15, 0.2) is 85.5 Å². The van der Waals surface area contributed by atoms with E-state index in [2.05, 4.69) is 25.6 Å². The van der Waals surface area contributed by atoms with Gasteiger partial charge in [-0.05, 0) is 66.1 Å². The molecule has 0 unspecified atom stereocenters. The number of nitrogens with one attached hydrogen (secondary N) is 2. The highest BCUT2D eigenvalue weighted by atomic mass is 32.1. The number of hydrogen-bond acceptors (Lipinski definition) is 6. The standard InChI is InChI=1S/C27H20F3N5OS/c28-27(29,30)20-3-1-2-19(14-20)26(36)35-21-6-4-17(5-7-21)8-13-32-25-24-22(33-16-34-25)15-23(37-24)18-9-11-31-12-10-18/h1-7,9-12,14-16H,8,13H2,(H,35,36)(H,32,33,34). The Morgan fingerprint density at radius 1 is 0.946 bits per heavy atom. The predicted octanol–water partition coefficient (Wildman–Crippen LogP) is 6.68. The van der Waals surface area contributed by atoms with Gasteiger partial charge in [-0.1, -0.05) is 18.2 Å². The molecular formula is C27H20F3N5OS. The molecule has 3 heterocycles. The molecule has 0 aliphatic heterocycles. The topological polar surface area (TPSA) is 79.8 Å². The van der Waals surface area contributed by atoms with Crippen LogP contribution in [0.3, 0.4) is 0 Å². The summed E-state index contributed by atoms with van der Waals surface area (Å²) in [5.74, 6) is 0.163. The number of carbonyl (C=O) groups excluding carboxylic acids is 1. The van der Waals surface area contributed by atoms with Crippen LogP contribution in [0, 0.1) is 0 Å². The first-order valence-corrected chi connectivity index (χ1v) is 12.1. The molecule has 0 bridgehead atoms. The lowest BCUT2D eigenvalue weighted by molar-refractivity contribution is -0.137. The van der Waals surface area contributed by atoms with Crippen molar-refractivity contribution >= 4 is 39.0 Å². The highest BCUT2D eigenvalue weighted by Crippen LogP contribution is 2.35. The van der Waals surface area contributed by atoms with Gasteiger partial charge in [-0.2, -0.15) is 13.2 Å². The highest BCUT2D eigenvalue weighted by Gasteiger charge is 2.30. The molecule has 3 aromatic heterocycles. The van der Waals surface area contributed by atoms with Crippen molar-refractivity contribution in [3.8, 4) is 10.4 Å². The van der Waals surface area contributed by atoms with E-state index >= 15 is 0 Å². The largest absolute Gasteiger partial charge is 0.416 e. The number of rotatable bonds is 7. The van der Waals surface area contributed by atoms with Gasteiger partial charge in [0.25, 0.3) is 5.91 Å². The van der Waals surface area contributed by atoms with Crippen LogP contribution >= 0.6 is 11.3 Å². The van der Waals surface area contributed by atoms with E-state index in [9.17, 15) is 18.0 Å². The second-order valence-electron chi connectivity index (χ2n) is 8.19. The third-order valence-electron chi connectivity index (χ3n) is 5.65. The molecular weight excluding hydrogens is 499 g/mol. The number of amides is 1. The van der Waals surface area contributed by atoms with Crippen molar-refractivity contribution in [2.24, 2.45) is 0 Å². The number of halogens is 3. The lowest BCUT2D eigenvalue weighted by atomic mass is 10.1. The smallest absolute Gasteiger partial charge is 0.368 e. The summed E-state index contributed by atoms with van der Waals surface area (Å²) < 4.78 is 39.7. The monoisotopic (exact) mass is 519 g/mol. The average Bonchev–Trinajstić information content (AvgIpc) is 3.35. The molecule has 37 heavy (non-hydrogen) atoms. The lowest BCUT2D eigenvalue weighted by Gasteiger charge is -2.10. The predicted molar refractivity (Wildman–Crippen MR) is 139 cm³/mol. The molecule has 0 saturated carbocycles. The number of benzene rings is 2. The van der Waals surface area contributed by atoms with Crippen molar-refractivity contribution in [2.75, 3.05) is 17.2 Å². The average molecular weight is 520 g/mol. The van der Waals surface area contributed by atoms with Crippen LogP contribution in [0.4, 0.5) is 24.7 Å². The quantitative estimate of drug-likeness (QED) is 0.251. The maximum Gasteiger partial charge on any atom is 0.416 e. The van der Waals surface area contributed by atoms with E-state index in [1.165, 1.54) is 18.5 Å². The van der Waals surface area contributed by atoms with E-state index in [1.807, 2.05) is 30.3 Å². The molecule has 2 N–H and O–H groups in total. The normalized spacial score (nSPS) is 11.4. The maximum absolute atomic E-state index is 12.9. The summed E-state index contributed by atoms with van der Waals surface area (Å²) in [6.45, 7) is 0.630. The number of anilines is 2. The van der Waals surface area contributed by atoms with Gasteiger partial charge >= 0.3 is 6.18 Å². The van der Waals surface area contributed by atoms with Crippen LogP contribution in [-0.2, 0) is 12.6 Å². The zero-order valence-electron chi connectivity index (χ0n) is 19.3. The molecule has 6 nitrogen and oxygen atoms in total. The Labute approximate surface area is 214 Å². The van der Waals surface area contributed by atoms with Crippen molar-refractivity contribution in [2.45, 2.75) is 12.6 Å². The van der Waals surface area contributed by atoms with Crippen LogP contribution in [0.25, 0.3) is 20.7 Å². The number of aromatic nitrogens is 3. The summed E-state index contributed by atoms with van der Waals surface area (Å²) >= 11 is 1.61. The van der Waals surface area contributed by atoms with Crippen molar-refractivity contribution in [1.82, 2.24) is 15.0 Å². The molecule has 0 aliphatic rings. The summed E-state index contributed by atoms with van der Waals surface area (Å²) in [6.07, 6.45) is 1.25. The second kappa shape index (κ2) is 10.4. The van der Waals surface area contributed by atoms with Gasteiger partial charge < -0.3 is 10.6 Å².